The lowest BCUT2D eigenvalue weighted by atomic mass is 10.1. The van der Waals surface area contributed by atoms with Gasteiger partial charge < -0.3 is 14.8 Å². The molecule has 0 aromatic heterocycles. The van der Waals surface area contributed by atoms with Gasteiger partial charge in [-0.2, -0.15) is 0 Å². The molecule has 1 heterocycles. The summed E-state index contributed by atoms with van der Waals surface area (Å²) in [6, 6.07) is 11.3. The summed E-state index contributed by atoms with van der Waals surface area (Å²) in [5.41, 5.74) is 2.21. The molecule has 0 spiro atoms. The second kappa shape index (κ2) is 8.32. The van der Waals surface area contributed by atoms with E-state index in [2.05, 4.69) is 5.32 Å². The van der Waals surface area contributed by atoms with Crippen LogP contribution in [0.25, 0.3) is 0 Å². The van der Waals surface area contributed by atoms with Crippen LogP contribution in [-0.2, 0) is 14.8 Å². The van der Waals surface area contributed by atoms with Gasteiger partial charge in [0.15, 0.2) is 11.5 Å². The van der Waals surface area contributed by atoms with Crippen molar-refractivity contribution in [1.82, 2.24) is 5.32 Å². The Labute approximate surface area is 171 Å². The summed E-state index contributed by atoms with van der Waals surface area (Å²) in [5, 5.41) is 2.90. The molecule has 2 unspecified atom stereocenters. The summed E-state index contributed by atoms with van der Waals surface area (Å²) in [5.74, 6) is 0.925. The van der Waals surface area contributed by atoms with Crippen LogP contribution < -0.4 is 19.1 Å². The first kappa shape index (κ1) is 21.0. The summed E-state index contributed by atoms with van der Waals surface area (Å²) in [7, 11) is -3.66. The van der Waals surface area contributed by atoms with E-state index < -0.39 is 16.1 Å². The van der Waals surface area contributed by atoms with Crippen LogP contribution in [0.5, 0.6) is 11.5 Å². The van der Waals surface area contributed by atoms with Crippen LogP contribution in [0.3, 0.4) is 0 Å². The highest BCUT2D eigenvalue weighted by Gasteiger charge is 2.30. The maximum Gasteiger partial charge on any atom is 0.244 e. The Bertz CT molecular complexity index is 1010. The minimum absolute atomic E-state index is 0.334. The van der Waals surface area contributed by atoms with Crippen molar-refractivity contribution in [2.24, 2.45) is 0 Å². The Morgan fingerprint density at radius 1 is 1.07 bits per heavy atom. The number of carbonyl (C=O) groups excluding carboxylic acids is 1. The standard InChI is InChI=1S/C21H26N2O5S/c1-14-6-5-7-18(12-14)23(29(4,25)26)16(3)21(24)22-15(2)17-8-9-19-20(13-17)28-11-10-27-19/h5-9,12-13,15-16H,10-11H2,1-4H3,(H,22,24). The summed E-state index contributed by atoms with van der Waals surface area (Å²) < 4.78 is 37.1. The maximum atomic E-state index is 12.9. The number of rotatable bonds is 6. The number of carbonyl (C=O) groups is 1. The number of fused-ring (bicyclic) bond motifs is 1. The van der Waals surface area contributed by atoms with Gasteiger partial charge >= 0.3 is 0 Å². The smallest absolute Gasteiger partial charge is 0.244 e. The van der Waals surface area contributed by atoms with Crippen molar-refractivity contribution in [2.75, 3.05) is 23.8 Å². The summed E-state index contributed by atoms with van der Waals surface area (Å²) in [6.07, 6.45) is 1.10. The first-order valence-corrected chi connectivity index (χ1v) is 11.3. The number of nitrogens with zero attached hydrogens (tertiary/aromatic N) is 1. The van der Waals surface area contributed by atoms with Crippen LogP contribution in [0.15, 0.2) is 42.5 Å². The van der Waals surface area contributed by atoms with Crippen molar-refractivity contribution in [3.8, 4) is 11.5 Å². The highest BCUT2D eigenvalue weighted by molar-refractivity contribution is 7.92. The lowest BCUT2D eigenvalue weighted by Crippen LogP contribution is -2.48. The number of aryl methyl sites for hydroxylation is 1. The van der Waals surface area contributed by atoms with E-state index in [9.17, 15) is 13.2 Å². The predicted octanol–water partition coefficient (Wildman–Crippen LogP) is 2.80. The van der Waals surface area contributed by atoms with Crippen LogP contribution >= 0.6 is 0 Å². The van der Waals surface area contributed by atoms with E-state index in [0.29, 0.717) is 30.4 Å². The molecule has 1 aliphatic heterocycles. The van der Waals surface area contributed by atoms with Crippen molar-refractivity contribution in [2.45, 2.75) is 32.9 Å². The van der Waals surface area contributed by atoms with Crippen LogP contribution in [0.1, 0.15) is 31.0 Å². The van der Waals surface area contributed by atoms with Crippen LogP contribution in [0.2, 0.25) is 0 Å². The number of ether oxygens (including phenoxy) is 2. The molecule has 29 heavy (non-hydrogen) atoms. The van der Waals surface area contributed by atoms with Gasteiger partial charge in [0.05, 0.1) is 18.0 Å². The number of sulfonamides is 1. The van der Waals surface area contributed by atoms with E-state index in [1.165, 1.54) is 0 Å². The largest absolute Gasteiger partial charge is 0.486 e. The molecule has 2 aromatic rings. The molecule has 0 aliphatic carbocycles. The molecule has 156 valence electrons. The van der Waals surface area contributed by atoms with Crippen molar-refractivity contribution in [3.05, 3.63) is 53.6 Å². The molecule has 3 rings (SSSR count). The molecule has 0 fully saturated rings. The molecule has 2 atom stereocenters. The SMILES string of the molecule is Cc1cccc(N(C(C)C(=O)NC(C)c2ccc3c(c2)OCCO3)S(C)(=O)=O)c1. The Morgan fingerprint density at radius 3 is 2.41 bits per heavy atom. The van der Waals surface area contributed by atoms with E-state index in [-0.39, 0.29) is 11.9 Å². The predicted molar refractivity (Wildman–Crippen MR) is 112 cm³/mol. The van der Waals surface area contributed by atoms with E-state index in [1.54, 1.807) is 25.1 Å². The molecular weight excluding hydrogens is 392 g/mol. The summed E-state index contributed by atoms with van der Waals surface area (Å²) in [6.45, 7) is 6.28. The molecule has 1 amide bonds. The van der Waals surface area contributed by atoms with Crippen LogP contribution in [0.4, 0.5) is 5.69 Å². The van der Waals surface area contributed by atoms with Crippen molar-refractivity contribution in [3.63, 3.8) is 0 Å². The fourth-order valence-corrected chi connectivity index (χ4v) is 4.49. The molecule has 0 radical (unpaired) electrons. The zero-order chi connectivity index (χ0) is 21.2. The highest BCUT2D eigenvalue weighted by atomic mass is 32.2. The lowest BCUT2D eigenvalue weighted by Gasteiger charge is -2.29. The molecule has 0 saturated carbocycles. The third-order valence-corrected chi connectivity index (χ3v) is 6.01. The second-order valence-corrected chi connectivity index (χ2v) is 9.07. The quantitative estimate of drug-likeness (QED) is 0.780. The van der Waals surface area contributed by atoms with Gasteiger partial charge in [-0.1, -0.05) is 18.2 Å². The zero-order valence-corrected chi connectivity index (χ0v) is 17.8. The van der Waals surface area contributed by atoms with Gasteiger partial charge in [0, 0.05) is 0 Å². The number of benzene rings is 2. The number of nitrogens with one attached hydrogen (secondary N) is 1. The van der Waals surface area contributed by atoms with Crippen LogP contribution in [0, 0.1) is 6.92 Å². The fraction of sp³-hybridized carbons (Fsp3) is 0.381. The van der Waals surface area contributed by atoms with Crippen LogP contribution in [-0.4, -0.2) is 39.8 Å². The molecular formula is C21H26N2O5S. The third kappa shape index (κ3) is 4.82. The summed E-state index contributed by atoms with van der Waals surface area (Å²) >= 11 is 0. The first-order valence-electron chi connectivity index (χ1n) is 9.43. The molecule has 0 saturated heterocycles. The zero-order valence-electron chi connectivity index (χ0n) is 17.0. The average Bonchev–Trinajstić information content (AvgIpc) is 2.66. The van der Waals surface area contributed by atoms with E-state index in [4.69, 9.17) is 9.47 Å². The van der Waals surface area contributed by atoms with Crippen molar-refractivity contribution < 1.29 is 22.7 Å². The van der Waals surface area contributed by atoms with Gasteiger partial charge in [-0.25, -0.2) is 8.42 Å². The molecule has 2 aromatic carbocycles. The van der Waals surface area contributed by atoms with Gasteiger partial charge in [0.1, 0.15) is 19.3 Å². The van der Waals surface area contributed by atoms with Gasteiger partial charge in [0.2, 0.25) is 15.9 Å². The second-order valence-electron chi connectivity index (χ2n) is 7.21. The Morgan fingerprint density at radius 2 is 1.76 bits per heavy atom. The molecule has 0 bridgehead atoms. The topological polar surface area (TPSA) is 84.9 Å². The lowest BCUT2D eigenvalue weighted by molar-refractivity contribution is -0.122. The number of anilines is 1. The Kier molecular flexibility index (Phi) is 6.02. The van der Waals surface area contributed by atoms with Crippen molar-refractivity contribution in [1.29, 1.82) is 0 Å². The third-order valence-electron chi connectivity index (χ3n) is 4.77. The number of hydrogen-bond donors (Lipinski definition) is 1. The van der Waals surface area contributed by atoms with Crippen molar-refractivity contribution >= 4 is 21.6 Å². The molecule has 8 heteroatoms. The number of hydrogen-bond acceptors (Lipinski definition) is 5. The highest BCUT2D eigenvalue weighted by Crippen LogP contribution is 2.32. The minimum Gasteiger partial charge on any atom is -0.486 e. The minimum atomic E-state index is -3.66. The van der Waals surface area contributed by atoms with Gasteiger partial charge in [-0.3, -0.25) is 9.10 Å². The van der Waals surface area contributed by atoms with Gasteiger partial charge in [-0.15, -0.1) is 0 Å². The summed E-state index contributed by atoms with van der Waals surface area (Å²) in [4.78, 5) is 12.9. The average molecular weight is 419 g/mol. The Balaban J connectivity index is 1.79. The number of amides is 1. The van der Waals surface area contributed by atoms with Gasteiger partial charge in [0.25, 0.3) is 0 Å². The maximum absolute atomic E-state index is 12.9. The van der Waals surface area contributed by atoms with E-state index in [1.807, 2.05) is 38.1 Å². The van der Waals surface area contributed by atoms with E-state index in [0.717, 1.165) is 21.7 Å². The molecule has 1 N–H and O–H groups in total. The van der Waals surface area contributed by atoms with Gasteiger partial charge in [-0.05, 0) is 56.2 Å². The molecule has 7 nitrogen and oxygen atoms in total. The molecule has 1 aliphatic rings. The first-order chi connectivity index (χ1) is 13.7. The Hall–Kier alpha value is -2.74. The fourth-order valence-electron chi connectivity index (χ4n) is 3.32. The monoisotopic (exact) mass is 418 g/mol. The normalized spacial score (nSPS) is 15.3. The van der Waals surface area contributed by atoms with E-state index >= 15 is 0 Å².